The van der Waals surface area contributed by atoms with Crippen molar-refractivity contribution in [2.45, 2.75) is 66.5 Å². The molecule has 1 atom stereocenters. The van der Waals surface area contributed by atoms with Crippen LogP contribution >= 0.6 is 0 Å². The van der Waals surface area contributed by atoms with Crippen molar-refractivity contribution >= 4 is 5.95 Å². The van der Waals surface area contributed by atoms with Gasteiger partial charge in [-0.3, -0.25) is 0 Å². The van der Waals surface area contributed by atoms with Crippen LogP contribution in [0.5, 0.6) is 0 Å². The van der Waals surface area contributed by atoms with Gasteiger partial charge in [0.05, 0.1) is 5.69 Å². The Morgan fingerprint density at radius 1 is 1.18 bits per heavy atom. The predicted octanol–water partition coefficient (Wildman–Crippen LogP) is 4.01. The molecule has 0 bridgehead atoms. The Kier molecular flexibility index (Phi) is 5.03. The molecule has 1 unspecified atom stereocenters. The number of imidazole rings is 1. The molecule has 1 rings (SSSR count). The molecule has 17 heavy (non-hydrogen) atoms. The maximum atomic E-state index is 4.55. The van der Waals surface area contributed by atoms with Gasteiger partial charge in [-0.25, -0.2) is 4.98 Å². The Morgan fingerprint density at radius 3 is 2.35 bits per heavy atom. The fourth-order valence-electron chi connectivity index (χ4n) is 1.93. The van der Waals surface area contributed by atoms with Crippen LogP contribution < -0.4 is 5.32 Å². The van der Waals surface area contributed by atoms with E-state index >= 15 is 0 Å². The van der Waals surface area contributed by atoms with E-state index in [0.717, 1.165) is 17.6 Å². The van der Waals surface area contributed by atoms with E-state index in [9.17, 15) is 0 Å². The summed E-state index contributed by atoms with van der Waals surface area (Å²) in [5, 5.41) is 3.41. The average Bonchev–Trinajstić information content (AvgIpc) is 2.54. The summed E-state index contributed by atoms with van der Waals surface area (Å²) in [5.74, 6) is 1.78. The fraction of sp³-hybridized carbons (Fsp3) is 0.786. The van der Waals surface area contributed by atoms with Crippen molar-refractivity contribution in [3.8, 4) is 0 Å². The van der Waals surface area contributed by atoms with Crippen LogP contribution in [0.25, 0.3) is 0 Å². The summed E-state index contributed by atoms with van der Waals surface area (Å²) >= 11 is 0. The van der Waals surface area contributed by atoms with Crippen LogP contribution in [0.2, 0.25) is 0 Å². The Hall–Kier alpha value is -0.990. The molecular formula is C14H27N3. The number of nitrogens with one attached hydrogen (secondary N) is 1. The van der Waals surface area contributed by atoms with Gasteiger partial charge in [0.25, 0.3) is 0 Å². The van der Waals surface area contributed by atoms with Crippen LogP contribution in [0.15, 0.2) is 6.20 Å². The first-order valence-corrected chi connectivity index (χ1v) is 6.72. The minimum absolute atomic E-state index is 0.424. The van der Waals surface area contributed by atoms with Gasteiger partial charge < -0.3 is 9.88 Å². The molecule has 0 aliphatic carbocycles. The largest absolute Gasteiger partial charge is 0.353 e. The second-order valence-electron chi connectivity index (χ2n) is 5.73. The van der Waals surface area contributed by atoms with Gasteiger partial charge in [-0.1, -0.05) is 13.8 Å². The number of nitrogens with zero attached hydrogens (tertiary/aromatic N) is 2. The van der Waals surface area contributed by atoms with Crippen LogP contribution in [0.4, 0.5) is 5.95 Å². The third-order valence-electron chi connectivity index (χ3n) is 2.91. The van der Waals surface area contributed by atoms with Crippen LogP contribution in [0.3, 0.4) is 0 Å². The molecule has 0 aliphatic rings. The Bertz CT molecular complexity index is 339. The maximum Gasteiger partial charge on any atom is 0.203 e. The Morgan fingerprint density at radius 2 is 1.82 bits per heavy atom. The van der Waals surface area contributed by atoms with E-state index < -0.39 is 0 Å². The average molecular weight is 237 g/mol. The van der Waals surface area contributed by atoms with Gasteiger partial charge in [0, 0.05) is 18.3 Å². The molecule has 98 valence electrons. The van der Waals surface area contributed by atoms with Gasteiger partial charge in [0.2, 0.25) is 5.95 Å². The number of hydrogen-bond acceptors (Lipinski definition) is 2. The predicted molar refractivity (Wildman–Crippen MR) is 74.5 cm³/mol. The lowest BCUT2D eigenvalue weighted by Crippen LogP contribution is -2.16. The molecule has 0 aromatic carbocycles. The smallest absolute Gasteiger partial charge is 0.203 e. The van der Waals surface area contributed by atoms with Crippen molar-refractivity contribution in [2.24, 2.45) is 5.92 Å². The maximum absolute atomic E-state index is 4.55. The first-order chi connectivity index (χ1) is 7.90. The molecule has 1 heterocycles. The Labute approximate surface area is 106 Å². The molecule has 0 amide bonds. The number of rotatable bonds is 6. The topological polar surface area (TPSA) is 29.9 Å². The monoisotopic (exact) mass is 237 g/mol. The zero-order valence-corrected chi connectivity index (χ0v) is 12.1. The van der Waals surface area contributed by atoms with Crippen molar-refractivity contribution in [1.29, 1.82) is 0 Å². The summed E-state index contributed by atoms with van der Waals surface area (Å²) in [6, 6.07) is 0.938. The highest BCUT2D eigenvalue weighted by Gasteiger charge is 2.12. The third-order valence-corrected chi connectivity index (χ3v) is 2.91. The Balaban J connectivity index is 2.73. The minimum Gasteiger partial charge on any atom is -0.353 e. The lowest BCUT2D eigenvalue weighted by Gasteiger charge is -2.19. The highest BCUT2D eigenvalue weighted by atomic mass is 15.2. The van der Waals surface area contributed by atoms with Crippen LogP contribution in [-0.2, 0) is 0 Å². The number of hydrogen-bond donors (Lipinski definition) is 1. The second kappa shape index (κ2) is 6.08. The zero-order chi connectivity index (χ0) is 13.0. The first-order valence-electron chi connectivity index (χ1n) is 6.72. The van der Waals surface area contributed by atoms with E-state index in [-0.39, 0.29) is 0 Å². The summed E-state index contributed by atoms with van der Waals surface area (Å²) in [6.07, 6.45) is 4.62. The molecule has 3 nitrogen and oxygen atoms in total. The van der Waals surface area contributed by atoms with E-state index in [0.29, 0.717) is 12.1 Å². The zero-order valence-electron chi connectivity index (χ0n) is 12.1. The van der Waals surface area contributed by atoms with E-state index in [1.807, 2.05) is 0 Å². The molecule has 0 saturated carbocycles. The summed E-state index contributed by atoms with van der Waals surface area (Å²) in [6.45, 7) is 13.2. The molecule has 0 saturated heterocycles. The van der Waals surface area contributed by atoms with Crippen LogP contribution in [0.1, 0.15) is 59.2 Å². The molecule has 0 fully saturated rings. The van der Waals surface area contributed by atoms with E-state index in [1.54, 1.807) is 0 Å². The molecule has 1 N–H and O–H groups in total. The molecular weight excluding hydrogens is 210 g/mol. The van der Waals surface area contributed by atoms with Gasteiger partial charge in [-0.2, -0.15) is 0 Å². The lowest BCUT2D eigenvalue weighted by molar-refractivity contribution is 0.441. The summed E-state index contributed by atoms with van der Waals surface area (Å²) < 4.78 is 2.28. The molecule has 0 radical (unpaired) electrons. The third kappa shape index (κ3) is 4.41. The quantitative estimate of drug-likeness (QED) is 0.810. The van der Waals surface area contributed by atoms with Gasteiger partial charge in [0.1, 0.15) is 0 Å². The SMILES string of the molecule is Cc1cn(C(C)CCC(C)C)c(NC(C)C)n1. The van der Waals surface area contributed by atoms with E-state index in [4.69, 9.17) is 0 Å². The fourth-order valence-corrected chi connectivity index (χ4v) is 1.93. The van der Waals surface area contributed by atoms with E-state index in [1.165, 1.54) is 12.8 Å². The normalized spacial score (nSPS) is 13.4. The summed E-state index contributed by atoms with van der Waals surface area (Å²) in [4.78, 5) is 4.55. The van der Waals surface area contributed by atoms with Gasteiger partial charge >= 0.3 is 0 Å². The van der Waals surface area contributed by atoms with Crippen LogP contribution in [0, 0.1) is 12.8 Å². The van der Waals surface area contributed by atoms with E-state index in [2.05, 4.69) is 62.6 Å². The van der Waals surface area contributed by atoms with Gasteiger partial charge in [-0.05, 0) is 46.5 Å². The highest BCUT2D eigenvalue weighted by Crippen LogP contribution is 2.22. The van der Waals surface area contributed by atoms with Gasteiger partial charge in [0.15, 0.2) is 0 Å². The molecule has 1 aromatic heterocycles. The molecule has 0 spiro atoms. The molecule has 3 heteroatoms. The van der Waals surface area contributed by atoms with Crippen molar-refractivity contribution < 1.29 is 0 Å². The van der Waals surface area contributed by atoms with Gasteiger partial charge in [-0.15, -0.1) is 0 Å². The standard InChI is InChI=1S/C14H27N3/c1-10(2)7-8-13(6)17-9-12(5)16-14(17)15-11(3)4/h9-11,13H,7-8H2,1-6H3,(H,15,16). The second-order valence-corrected chi connectivity index (χ2v) is 5.73. The van der Waals surface area contributed by atoms with Crippen molar-refractivity contribution in [3.63, 3.8) is 0 Å². The van der Waals surface area contributed by atoms with Crippen molar-refractivity contribution in [2.75, 3.05) is 5.32 Å². The number of anilines is 1. The van der Waals surface area contributed by atoms with Crippen molar-refractivity contribution in [3.05, 3.63) is 11.9 Å². The molecule has 1 aromatic rings. The minimum atomic E-state index is 0.424. The molecule has 0 aliphatic heterocycles. The van der Waals surface area contributed by atoms with Crippen LogP contribution in [-0.4, -0.2) is 15.6 Å². The summed E-state index contributed by atoms with van der Waals surface area (Å²) in [5.41, 5.74) is 1.09. The number of aryl methyl sites for hydroxylation is 1. The lowest BCUT2D eigenvalue weighted by atomic mass is 10.0. The summed E-state index contributed by atoms with van der Waals surface area (Å²) in [7, 11) is 0. The number of aromatic nitrogens is 2. The highest BCUT2D eigenvalue weighted by molar-refractivity contribution is 5.30. The first kappa shape index (κ1) is 14.1. The van der Waals surface area contributed by atoms with Crippen molar-refractivity contribution in [1.82, 2.24) is 9.55 Å².